The number of hydrogen-bond acceptors (Lipinski definition) is 4. The van der Waals surface area contributed by atoms with Gasteiger partial charge >= 0.3 is 0 Å². The molecule has 4 rings (SSSR count). The number of benzene rings is 3. The van der Waals surface area contributed by atoms with E-state index in [9.17, 15) is 17.6 Å². The molecule has 32 heavy (non-hydrogen) atoms. The highest BCUT2D eigenvalue weighted by atomic mass is 32.2. The Morgan fingerprint density at radius 2 is 1.78 bits per heavy atom. The molecule has 0 saturated heterocycles. The van der Waals surface area contributed by atoms with Gasteiger partial charge in [-0.15, -0.1) is 0 Å². The molecule has 1 saturated carbocycles. The van der Waals surface area contributed by atoms with Crippen LogP contribution in [0.15, 0.2) is 77.7 Å². The van der Waals surface area contributed by atoms with Gasteiger partial charge in [0.2, 0.25) is 0 Å². The number of amides is 1. The number of nitrogens with one attached hydrogen (secondary N) is 1. The third kappa shape index (κ3) is 4.75. The van der Waals surface area contributed by atoms with E-state index in [0.29, 0.717) is 17.0 Å². The third-order valence-corrected chi connectivity index (χ3v) is 6.65. The van der Waals surface area contributed by atoms with Gasteiger partial charge in [0, 0.05) is 23.7 Å². The predicted octanol–water partition coefficient (Wildman–Crippen LogP) is 4.44. The summed E-state index contributed by atoms with van der Waals surface area (Å²) in [5.74, 6) is -0.318. The molecule has 0 radical (unpaired) electrons. The number of nitrogens with zero attached hydrogens (tertiary/aromatic N) is 1. The van der Waals surface area contributed by atoms with Crippen LogP contribution in [0.2, 0.25) is 0 Å². The Hall–Kier alpha value is -3.39. The zero-order valence-electron chi connectivity index (χ0n) is 17.5. The molecule has 0 heterocycles. The Balaban J connectivity index is 1.60. The van der Waals surface area contributed by atoms with Gasteiger partial charge in [0.1, 0.15) is 11.6 Å². The van der Waals surface area contributed by atoms with Crippen LogP contribution >= 0.6 is 0 Å². The number of carbonyl (C=O) groups is 1. The van der Waals surface area contributed by atoms with Crippen molar-refractivity contribution in [3.05, 3.63) is 89.7 Å². The van der Waals surface area contributed by atoms with E-state index in [0.717, 1.165) is 12.8 Å². The molecule has 3 aromatic rings. The Morgan fingerprint density at radius 3 is 2.50 bits per heavy atom. The quantitative estimate of drug-likeness (QED) is 0.546. The average Bonchev–Trinajstić information content (AvgIpc) is 3.64. The maximum absolute atomic E-state index is 14.2. The molecule has 1 aliphatic carbocycles. The summed E-state index contributed by atoms with van der Waals surface area (Å²) in [6.07, 6.45) is 1.68. The van der Waals surface area contributed by atoms with Gasteiger partial charge in [-0.2, -0.15) is 0 Å². The molecule has 0 spiro atoms. The standard InChI is InChI=1S/C24H23FN2O4S/c1-31-23-12-5-4-11-22(23)26-32(29,30)20-9-6-8-17(15-20)24(28)27(19-13-14-19)16-18-7-2-3-10-21(18)25/h2-12,15,19,26H,13-14,16H2,1H3. The number of halogens is 1. The summed E-state index contributed by atoms with van der Waals surface area (Å²) in [6.45, 7) is 0.132. The molecule has 1 aliphatic rings. The predicted molar refractivity (Wildman–Crippen MR) is 120 cm³/mol. The van der Waals surface area contributed by atoms with Gasteiger partial charge in [0.05, 0.1) is 17.7 Å². The first-order chi connectivity index (χ1) is 15.4. The molecular weight excluding hydrogens is 431 g/mol. The van der Waals surface area contributed by atoms with Crippen LogP contribution in [-0.4, -0.2) is 32.4 Å². The summed E-state index contributed by atoms with van der Waals surface area (Å²) >= 11 is 0. The number of anilines is 1. The molecule has 6 nitrogen and oxygen atoms in total. The Labute approximate surface area is 186 Å². The Kier molecular flexibility index (Phi) is 6.14. The van der Waals surface area contributed by atoms with E-state index in [-0.39, 0.29) is 34.8 Å². The summed E-state index contributed by atoms with van der Waals surface area (Å²) in [7, 11) is -2.51. The van der Waals surface area contributed by atoms with Crippen molar-refractivity contribution in [2.45, 2.75) is 30.3 Å². The van der Waals surface area contributed by atoms with Gasteiger partial charge in [-0.1, -0.05) is 36.4 Å². The molecule has 1 fully saturated rings. The van der Waals surface area contributed by atoms with E-state index < -0.39 is 10.0 Å². The summed E-state index contributed by atoms with van der Waals surface area (Å²) in [6, 6.07) is 18.9. The molecule has 8 heteroatoms. The van der Waals surface area contributed by atoms with E-state index in [4.69, 9.17) is 4.74 Å². The average molecular weight is 455 g/mol. The van der Waals surface area contributed by atoms with Crippen LogP contribution in [0.4, 0.5) is 10.1 Å². The van der Waals surface area contributed by atoms with Crippen LogP contribution in [0.1, 0.15) is 28.8 Å². The Morgan fingerprint density at radius 1 is 1.06 bits per heavy atom. The molecule has 1 amide bonds. The topological polar surface area (TPSA) is 75.7 Å². The van der Waals surface area contributed by atoms with Crippen LogP contribution < -0.4 is 9.46 Å². The van der Waals surface area contributed by atoms with Crippen molar-refractivity contribution in [1.29, 1.82) is 0 Å². The van der Waals surface area contributed by atoms with Gasteiger partial charge in [0.15, 0.2) is 0 Å². The van der Waals surface area contributed by atoms with Crippen LogP contribution in [0.3, 0.4) is 0 Å². The van der Waals surface area contributed by atoms with Crippen molar-refractivity contribution in [3.63, 3.8) is 0 Å². The summed E-state index contributed by atoms with van der Waals surface area (Å²) < 4.78 is 47.8. The number of hydrogen-bond donors (Lipinski definition) is 1. The van der Waals surface area contributed by atoms with Gasteiger partial charge < -0.3 is 9.64 Å². The number of rotatable bonds is 8. The smallest absolute Gasteiger partial charge is 0.262 e. The molecule has 166 valence electrons. The number of sulfonamides is 1. The third-order valence-electron chi connectivity index (χ3n) is 5.29. The maximum Gasteiger partial charge on any atom is 0.262 e. The van der Waals surface area contributed by atoms with Crippen molar-refractivity contribution in [2.75, 3.05) is 11.8 Å². The van der Waals surface area contributed by atoms with Crippen molar-refractivity contribution < 1.29 is 22.3 Å². The van der Waals surface area contributed by atoms with Gasteiger partial charge in [0.25, 0.3) is 15.9 Å². The first-order valence-corrected chi connectivity index (χ1v) is 11.7. The van der Waals surface area contributed by atoms with Crippen LogP contribution in [0.25, 0.3) is 0 Å². The van der Waals surface area contributed by atoms with E-state index in [1.54, 1.807) is 53.4 Å². The first kappa shape index (κ1) is 21.8. The highest BCUT2D eigenvalue weighted by Crippen LogP contribution is 2.31. The lowest BCUT2D eigenvalue weighted by molar-refractivity contribution is 0.0728. The molecule has 0 atom stereocenters. The van der Waals surface area contributed by atoms with Gasteiger partial charge in [-0.25, -0.2) is 12.8 Å². The van der Waals surface area contributed by atoms with Crippen LogP contribution in [0.5, 0.6) is 5.75 Å². The summed E-state index contributed by atoms with van der Waals surface area (Å²) in [5.41, 5.74) is 0.955. The van der Waals surface area contributed by atoms with Crippen molar-refractivity contribution >= 4 is 21.6 Å². The minimum absolute atomic E-state index is 0.0223. The lowest BCUT2D eigenvalue weighted by atomic mass is 10.1. The fraction of sp³-hybridized carbons (Fsp3) is 0.208. The van der Waals surface area contributed by atoms with Crippen molar-refractivity contribution in [3.8, 4) is 5.75 Å². The second-order valence-corrected chi connectivity index (χ2v) is 9.27. The minimum atomic E-state index is -3.96. The minimum Gasteiger partial charge on any atom is -0.495 e. The summed E-state index contributed by atoms with van der Waals surface area (Å²) in [5, 5.41) is 0. The lowest BCUT2D eigenvalue weighted by Gasteiger charge is -2.23. The molecule has 1 N–H and O–H groups in total. The SMILES string of the molecule is COc1ccccc1NS(=O)(=O)c1cccc(C(=O)N(Cc2ccccc2F)C2CC2)c1. The van der Waals surface area contributed by atoms with Gasteiger partial charge in [-0.3, -0.25) is 9.52 Å². The fourth-order valence-corrected chi connectivity index (χ4v) is 4.57. The highest BCUT2D eigenvalue weighted by molar-refractivity contribution is 7.92. The number of ether oxygens (including phenoxy) is 1. The molecule has 0 aromatic heterocycles. The molecule has 0 bridgehead atoms. The number of methoxy groups -OCH3 is 1. The number of carbonyl (C=O) groups excluding carboxylic acids is 1. The lowest BCUT2D eigenvalue weighted by Crippen LogP contribution is -2.33. The van der Waals surface area contributed by atoms with Crippen molar-refractivity contribution in [2.24, 2.45) is 0 Å². The van der Waals surface area contributed by atoms with E-state index >= 15 is 0 Å². The zero-order valence-corrected chi connectivity index (χ0v) is 18.3. The van der Waals surface area contributed by atoms with Crippen molar-refractivity contribution in [1.82, 2.24) is 4.90 Å². The zero-order chi connectivity index (χ0) is 22.7. The highest BCUT2D eigenvalue weighted by Gasteiger charge is 2.34. The van der Waals surface area contributed by atoms with Crippen LogP contribution in [0, 0.1) is 5.82 Å². The van der Waals surface area contributed by atoms with E-state index in [1.807, 2.05) is 0 Å². The molecular formula is C24H23FN2O4S. The van der Waals surface area contributed by atoms with E-state index in [1.165, 1.54) is 31.4 Å². The Bertz CT molecular complexity index is 1240. The van der Waals surface area contributed by atoms with Gasteiger partial charge in [-0.05, 0) is 49.2 Å². The largest absolute Gasteiger partial charge is 0.495 e. The number of para-hydroxylation sites is 2. The monoisotopic (exact) mass is 454 g/mol. The van der Waals surface area contributed by atoms with E-state index in [2.05, 4.69) is 4.72 Å². The first-order valence-electron chi connectivity index (χ1n) is 10.2. The maximum atomic E-state index is 14.2. The second-order valence-electron chi connectivity index (χ2n) is 7.59. The molecule has 3 aromatic carbocycles. The fourth-order valence-electron chi connectivity index (χ4n) is 3.46. The molecule has 0 unspecified atom stereocenters. The second kappa shape index (κ2) is 9.00. The summed E-state index contributed by atoms with van der Waals surface area (Å²) in [4.78, 5) is 14.8. The van der Waals surface area contributed by atoms with Crippen LogP contribution in [-0.2, 0) is 16.6 Å². The normalized spacial score (nSPS) is 13.4. The molecule has 0 aliphatic heterocycles.